The average molecular weight is 467 g/mol. The van der Waals surface area contributed by atoms with Crippen LogP contribution in [0.4, 0.5) is 11.4 Å². The third-order valence-electron chi connectivity index (χ3n) is 6.48. The van der Waals surface area contributed by atoms with Gasteiger partial charge < -0.3 is 19.5 Å². The number of hydrogen-bond donors (Lipinski definition) is 1. The molecule has 0 saturated carbocycles. The topological polar surface area (TPSA) is 44.5 Å². The fourth-order valence-electron chi connectivity index (χ4n) is 4.69. The zero-order valence-electron chi connectivity index (χ0n) is 18.3. The Kier molecular flexibility index (Phi) is 5.82. The van der Waals surface area contributed by atoms with Crippen LogP contribution >= 0.6 is 23.8 Å². The van der Waals surface area contributed by atoms with Crippen molar-refractivity contribution in [3.8, 4) is 0 Å². The number of nitrogens with one attached hydrogen (secondary N) is 1. The van der Waals surface area contributed by atoms with Gasteiger partial charge in [-0.15, -0.1) is 0 Å². The third kappa shape index (κ3) is 3.97. The van der Waals surface area contributed by atoms with E-state index in [2.05, 4.69) is 39.2 Å². The number of anilines is 2. The molecule has 166 valence electrons. The van der Waals surface area contributed by atoms with Crippen molar-refractivity contribution in [2.24, 2.45) is 5.92 Å². The number of hydrogen-bond acceptors (Lipinski definition) is 4. The Bertz CT molecular complexity index is 1110. The van der Waals surface area contributed by atoms with Crippen LogP contribution in [0.15, 0.2) is 59.1 Å². The minimum atomic E-state index is -0.163. The maximum absolute atomic E-state index is 6.81. The van der Waals surface area contributed by atoms with Crippen molar-refractivity contribution in [3.63, 3.8) is 0 Å². The molecule has 4 heterocycles. The van der Waals surface area contributed by atoms with Crippen molar-refractivity contribution in [2.45, 2.75) is 38.8 Å². The molecular weight excluding hydrogens is 440 g/mol. The van der Waals surface area contributed by atoms with E-state index < -0.39 is 0 Å². The number of halogens is 1. The lowest BCUT2D eigenvalue weighted by Gasteiger charge is -2.33. The normalized spacial score (nSPS) is 21.8. The molecule has 2 unspecified atom stereocenters. The van der Waals surface area contributed by atoms with E-state index in [1.54, 1.807) is 6.20 Å². The molecule has 5 nitrogen and oxygen atoms in total. The van der Waals surface area contributed by atoms with E-state index >= 15 is 0 Å². The molecule has 5 rings (SSSR count). The maximum Gasteiger partial charge on any atom is 0.174 e. The van der Waals surface area contributed by atoms with Crippen molar-refractivity contribution < 1.29 is 4.42 Å². The van der Waals surface area contributed by atoms with E-state index in [9.17, 15) is 0 Å². The molecule has 2 atom stereocenters. The highest BCUT2D eigenvalue weighted by Crippen LogP contribution is 2.43. The second kappa shape index (κ2) is 8.75. The lowest BCUT2D eigenvalue weighted by molar-refractivity contribution is 0.418. The van der Waals surface area contributed by atoms with Crippen molar-refractivity contribution >= 4 is 40.3 Å². The van der Waals surface area contributed by atoms with Crippen molar-refractivity contribution in [1.29, 1.82) is 0 Å². The third-order valence-corrected chi connectivity index (χ3v) is 7.10. The van der Waals surface area contributed by atoms with Gasteiger partial charge in [-0.05, 0) is 80.4 Å². The van der Waals surface area contributed by atoms with Gasteiger partial charge in [0.1, 0.15) is 17.6 Å². The quantitative estimate of drug-likeness (QED) is 0.472. The van der Waals surface area contributed by atoms with E-state index in [0.29, 0.717) is 5.11 Å². The number of furan rings is 1. The highest BCUT2D eigenvalue weighted by Gasteiger charge is 2.42. The summed E-state index contributed by atoms with van der Waals surface area (Å²) < 4.78 is 6.07. The fourth-order valence-corrected chi connectivity index (χ4v) is 5.33. The molecule has 2 aromatic heterocycles. The van der Waals surface area contributed by atoms with Gasteiger partial charge in [0.25, 0.3) is 0 Å². The number of aryl methyl sites for hydroxylation is 1. The molecule has 2 aliphatic heterocycles. The summed E-state index contributed by atoms with van der Waals surface area (Å²) in [5.41, 5.74) is 2.95. The Morgan fingerprint density at radius 1 is 1.12 bits per heavy atom. The molecule has 0 amide bonds. The van der Waals surface area contributed by atoms with Crippen LogP contribution < -0.4 is 15.1 Å². The van der Waals surface area contributed by atoms with Gasteiger partial charge in [-0.25, -0.2) is 0 Å². The van der Waals surface area contributed by atoms with Crippen LogP contribution in [-0.4, -0.2) is 23.2 Å². The number of aromatic nitrogens is 1. The summed E-state index contributed by atoms with van der Waals surface area (Å²) >= 11 is 12.6. The summed E-state index contributed by atoms with van der Waals surface area (Å²) in [6.45, 7) is 6.35. The summed E-state index contributed by atoms with van der Waals surface area (Å²) in [4.78, 5) is 9.07. The average Bonchev–Trinajstić information content (AvgIpc) is 3.38. The summed E-state index contributed by atoms with van der Waals surface area (Å²) in [6.07, 6.45) is 4.20. The number of benzene rings is 1. The second-order valence-electron chi connectivity index (χ2n) is 8.75. The molecule has 3 aromatic rings. The van der Waals surface area contributed by atoms with Crippen molar-refractivity contribution in [2.75, 3.05) is 22.9 Å². The van der Waals surface area contributed by atoms with Gasteiger partial charge in [0.15, 0.2) is 5.11 Å². The van der Waals surface area contributed by atoms with Gasteiger partial charge >= 0.3 is 0 Å². The van der Waals surface area contributed by atoms with Gasteiger partial charge in [0, 0.05) is 25.0 Å². The summed E-state index contributed by atoms with van der Waals surface area (Å²) in [5, 5.41) is 4.84. The van der Waals surface area contributed by atoms with E-state index in [-0.39, 0.29) is 12.1 Å². The van der Waals surface area contributed by atoms with E-state index in [0.717, 1.165) is 52.6 Å². The van der Waals surface area contributed by atoms with Crippen LogP contribution in [0.5, 0.6) is 0 Å². The molecule has 0 aliphatic carbocycles. The van der Waals surface area contributed by atoms with E-state index in [4.69, 9.17) is 28.2 Å². The fraction of sp³-hybridized carbons (Fsp3) is 0.360. The van der Waals surface area contributed by atoms with Gasteiger partial charge in [-0.1, -0.05) is 24.6 Å². The zero-order chi connectivity index (χ0) is 22.2. The van der Waals surface area contributed by atoms with Crippen LogP contribution in [0, 0.1) is 12.8 Å². The largest absolute Gasteiger partial charge is 0.464 e. The second-order valence-corrected chi connectivity index (χ2v) is 9.54. The number of nitrogens with zero attached hydrogens (tertiary/aromatic N) is 3. The monoisotopic (exact) mass is 466 g/mol. The van der Waals surface area contributed by atoms with Crippen LogP contribution in [0.2, 0.25) is 5.02 Å². The predicted octanol–water partition coefficient (Wildman–Crippen LogP) is 6.05. The first-order valence-corrected chi connectivity index (χ1v) is 11.9. The van der Waals surface area contributed by atoms with Crippen molar-refractivity contribution in [3.05, 3.63) is 77.0 Å². The molecule has 0 bridgehead atoms. The summed E-state index contributed by atoms with van der Waals surface area (Å²) in [7, 11) is 0. The Morgan fingerprint density at radius 2 is 1.94 bits per heavy atom. The molecule has 0 radical (unpaired) electrons. The van der Waals surface area contributed by atoms with Crippen LogP contribution in [0.3, 0.4) is 0 Å². The summed E-state index contributed by atoms with van der Waals surface area (Å²) in [6, 6.07) is 15.9. The molecule has 1 aromatic carbocycles. The van der Waals surface area contributed by atoms with Crippen LogP contribution in [0.1, 0.15) is 49.1 Å². The smallest absolute Gasteiger partial charge is 0.174 e. The SMILES string of the molecule is Cc1ccc(C2C(c3ccccn3)NC(=S)N2c2ccc(N3CCC(C)CC3)c(Cl)c2)o1. The Balaban J connectivity index is 1.51. The van der Waals surface area contributed by atoms with Gasteiger partial charge in [-0.2, -0.15) is 0 Å². The molecule has 2 aliphatic rings. The Morgan fingerprint density at radius 3 is 2.59 bits per heavy atom. The van der Waals surface area contributed by atoms with Crippen LogP contribution in [0.25, 0.3) is 0 Å². The number of thiocarbonyl (C=S) groups is 1. The standard InChI is InChI=1S/C25H27ClN4OS/c1-16-10-13-29(14-11-16)21-8-7-18(15-19(21)26)30-24(22-9-6-17(2)31-22)23(28-25(30)32)20-5-3-4-12-27-20/h3-9,12,15-16,23-24H,10-11,13-14H2,1-2H3,(H,28,32). The van der Waals surface area contributed by atoms with Gasteiger partial charge in [0.05, 0.1) is 22.4 Å². The lowest BCUT2D eigenvalue weighted by atomic mass is 9.98. The van der Waals surface area contributed by atoms with Gasteiger partial charge in [0.2, 0.25) is 0 Å². The first kappa shape index (κ1) is 21.3. The van der Waals surface area contributed by atoms with E-state index in [1.165, 1.54) is 12.8 Å². The molecule has 7 heteroatoms. The summed E-state index contributed by atoms with van der Waals surface area (Å²) in [5.74, 6) is 2.49. The minimum Gasteiger partial charge on any atom is -0.464 e. The molecule has 2 fully saturated rings. The molecule has 0 spiro atoms. The van der Waals surface area contributed by atoms with Crippen molar-refractivity contribution in [1.82, 2.24) is 10.3 Å². The highest BCUT2D eigenvalue weighted by molar-refractivity contribution is 7.80. The van der Waals surface area contributed by atoms with Gasteiger partial charge in [-0.3, -0.25) is 4.98 Å². The van der Waals surface area contributed by atoms with Crippen LogP contribution in [-0.2, 0) is 0 Å². The first-order chi connectivity index (χ1) is 15.5. The molecule has 32 heavy (non-hydrogen) atoms. The predicted molar refractivity (Wildman–Crippen MR) is 133 cm³/mol. The van der Waals surface area contributed by atoms with E-state index in [1.807, 2.05) is 43.3 Å². The molecule has 1 N–H and O–H groups in total. The number of rotatable bonds is 4. The maximum atomic E-state index is 6.81. The number of pyridine rings is 1. The first-order valence-electron chi connectivity index (χ1n) is 11.1. The highest BCUT2D eigenvalue weighted by atomic mass is 35.5. The Hall–Kier alpha value is -2.57. The molecule has 2 saturated heterocycles. The Labute approximate surface area is 199 Å². The molecular formula is C25H27ClN4OS. The zero-order valence-corrected chi connectivity index (χ0v) is 19.9. The number of piperidine rings is 1. The lowest BCUT2D eigenvalue weighted by Crippen LogP contribution is -2.33. The minimum absolute atomic E-state index is 0.128.